The summed E-state index contributed by atoms with van der Waals surface area (Å²) < 4.78 is 11.0. The van der Waals surface area contributed by atoms with Crippen molar-refractivity contribution in [3.63, 3.8) is 0 Å². The van der Waals surface area contributed by atoms with Crippen LogP contribution < -0.4 is 4.74 Å². The van der Waals surface area contributed by atoms with E-state index in [9.17, 15) is 5.11 Å². The van der Waals surface area contributed by atoms with E-state index in [1.807, 2.05) is 6.07 Å². The van der Waals surface area contributed by atoms with Gasteiger partial charge in [-0.2, -0.15) is 0 Å². The lowest BCUT2D eigenvalue weighted by Crippen LogP contribution is -2.17. The van der Waals surface area contributed by atoms with Gasteiger partial charge in [-0.25, -0.2) is 4.98 Å². The Morgan fingerprint density at radius 1 is 1.53 bits per heavy atom. The molecule has 4 nitrogen and oxygen atoms in total. The predicted octanol–water partition coefficient (Wildman–Crippen LogP) is 1.69. The van der Waals surface area contributed by atoms with Crippen molar-refractivity contribution in [1.29, 1.82) is 0 Å². The fourth-order valence-corrected chi connectivity index (χ4v) is 1.93. The SMILES string of the molecule is CCCc1cc(CO)cc(OC2CCOC2)n1. The van der Waals surface area contributed by atoms with Crippen LogP contribution in [0, 0.1) is 0 Å². The molecule has 1 unspecified atom stereocenters. The summed E-state index contributed by atoms with van der Waals surface area (Å²) in [5, 5.41) is 9.21. The zero-order chi connectivity index (χ0) is 12.1. The number of rotatable bonds is 5. The third kappa shape index (κ3) is 3.41. The first kappa shape index (κ1) is 12.3. The molecule has 0 radical (unpaired) electrons. The molecule has 0 bridgehead atoms. The van der Waals surface area contributed by atoms with Crippen LogP contribution in [-0.4, -0.2) is 29.4 Å². The maximum absolute atomic E-state index is 9.21. The molecule has 2 rings (SSSR count). The zero-order valence-electron chi connectivity index (χ0n) is 10.2. The number of aliphatic hydroxyl groups is 1. The third-order valence-electron chi connectivity index (χ3n) is 2.78. The van der Waals surface area contributed by atoms with Gasteiger partial charge in [0.15, 0.2) is 0 Å². The Bertz CT molecular complexity index is 362. The summed E-state index contributed by atoms with van der Waals surface area (Å²) in [7, 11) is 0. The fourth-order valence-electron chi connectivity index (χ4n) is 1.93. The summed E-state index contributed by atoms with van der Waals surface area (Å²) in [6, 6.07) is 3.74. The maximum atomic E-state index is 9.21. The van der Waals surface area contributed by atoms with Crippen molar-refractivity contribution in [2.45, 2.75) is 38.9 Å². The van der Waals surface area contributed by atoms with Gasteiger partial charge in [0.2, 0.25) is 5.88 Å². The number of ether oxygens (including phenoxy) is 2. The molecule has 94 valence electrons. The van der Waals surface area contributed by atoms with E-state index in [1.54, 1.807) is 6.07 Å². The van der Waals surface area contributed by atoms with E-state index in [-0.39, 0.29) is 12.7 Å². The summed E-state index contributed by atoms with van der Waals surface area (Å²) in [5.74, 6) is 0.607. The Morgan fingerprint density at radius 3 is 3.06 bits per heavy atom. The molecule has 1 aliphatic rings. The van der Waals surface area contributed by atoms with E-state index in [2.05, 4.69) is 11.9 Å². The van der Waals surface area contributed by atoms with Crippen LogP contribution in [0.5, 0.6) is 5.88 Å². The first-order valence-electron chi connectivity index (χ1n) is 6.17. The van der Waals surface area contributed by atoms with Gasteiger partial charge in [-0.15, -0.1) is 0 Å². The largest absolute Gasteiger partial charge is 0.472 e. The van der Waals surface area contributed by atoms with Gasteiger partial charge in [-0.05, 0) is 18.1 Å². The summed E-state index contributed by atoms with van der Waals surface area (Å²) in [6.07, 6.45) is 2.96. The highest BCUT2D eigenvalue weighted by atomic mass is 16.5. The highest BCUT2D eigenvalue weighted by Crippen LogP contribution is 2.18. The van der Waals surface area contributed by atoms with Gasteiger partial charge >= 0.3 is 0 Å². The van der Waals surface area contributed by atoms with Crippen LogP contribution in [0.25, 0.3) is 0 Å². The van der Waals surface area contributed by atoms with Crippen LogP contribution in [0.2, 0.25) is 0 Å². The minimum absolute atomic E-state index is 0.0246. The van der Waals surface area contributed by atoms with E-state index in [1.165, 1.54) is 0 Å². The second-order valence-electron chi connectivity index (χ2n) is 4.32. The second-order valence-corrected chi connectivity index (χ2v) is 4.32. The Balaban J connectivity index is 2.10. The van der Waals surface area contributed by atoms with Gasteiger partial charge in [0, 0.05) is 18.2 Å². The van der Waals surface area contributed by atoms with Gasteiger partial charge in [-0.3, -0.25) is 0 Å². The topological polar surface area (TPSA) is 51.6 Å². The van der Waals surface area contributed by atoms with Crippen molar-refractivity contribution < 1.29 is 14.6 Å². The lowest BCUT2D eigenvalue weighted by atomic mass is 10.2. The van der Waals surface area contributed by atoms with Crippen LogP contribution in [0.15, 0.2) is 12.1 Å². The lowest BCUT2D eigenvalue weighted by Gasteiger charge is -2.13. The van der Waals surface area contributed by atoms with Gasteiger partial charge < -0.3 is 14.6 Å². The molecule has 17 heavy (non-hydrogen) atoms. The minimum Gasteiger partial charge on any atom is -0.472 e. The van der Waals surface area contributed by atoms with Crippen molar-refractivity contribution in [3.05, 3.63) is 23.4 Å². The van der Waals surface area contributed by atoms with Gasteiger partial charge in [-0.1, -0.05) is 13.3 Å². The van der Waals surface area contributed by atoms with Crippen LogP contribution >= 0.6 is 0 Å². The molecule has 1 aromatic rings. The fraction of sp³-hybridized carbons (Fsp3) is 0.615. The molecule has 0 aliphatic carbocycles. The molecule has 0 saturated carbocycles. The van der Waals surface area contributed by atoms with Crippen molar-refractivity contribution in [3.8, 4) is 5.88 Å². The number of hydrogen-bond acceptors (Lipinski definition) is 4. The smallest absolute Gasteiger partial charge is 0.214 e. The first-order valence-corrected chi connectivity index (χ1v) is 6.17. The molecule has 1 aromatic heterocycles. The van der Waals surface area contributed by atoms with Crippen LogP contribution in [-0.2, 0) is 17.8 Å². The Labute approximate surface area is 102 Å². The van der Waals surface area contributed by atoms with Crippen molar-refractivity contribution in [1.82, 2.24) is 4.98 Å². The van der Waals surface area contributed by atoms with Crippen LogP contribution in [0.4, 0.5) is 0 Å². The van der Waals surface area contributed by atoms with Crippen molar-refractivity contribution in [2.24, 2.45) is 0 Å². The molecule has 1 atom stereocenters. The van der Waals surface area contributed by atoms with Crippen LogP contribution in [0.1, 0.15) is 31.0 Å². The van der Waals surface area contributed by atoms with E-state index in [4.69, 9.17) is 9.47 Å². The minimum atomic E-state index is 0.0246. The Morgan fingerprint density at radius 2 is 2.41 bits per heavy atom. The highest BCUT2D eigenvalue weighted by molar-refractivity contribution is 5.25. The monoisotopic (exact) mass is 237 g/mol. The summed E-state index contributed by atoms with van der Waals surface area (Å²) in [6.45, 7) is 3.52. The zero-order valence-corrected chi connectivity index (χ0v) is 10.2. The predicted molar refractivity (Wildman–Crippen MR) is 64.0 cm³/mol. The Kier molecular flexibility index (Phi) is 4.34. The molecule has 1 N–H and O–H groups in total. The molecule has 0 aromatic carbocycles. The number of hydrogen-bond donors (Lipinski definition) is 1. The summed E-state index contributed by atoms with van der Waals surface area (Å²) >= 11 is 0. The molecular formula is C13H19NO3. The molecule has 0 spiro atoms. The first-order chi connectivity index (χ1) is 8.31. The number of aryl methyl sites for hydroxylation is 1. The van der Waals surface area contributed by atoms with Gasteiger partial charge in [0.25, 0.3) is 0 Å². The normalized spacial score (nSPS) is 19.5. The van der Waals surface area contributed by atoms with E-state index in [0.717, 1.165) is 37.1 Å². The second kappa shape index (κ2) is 5.98. The quantitative estimate of drug-likeness (QED) is 0.846. The molecular weight excluding hydrogens is 218 g/mol. The lowest BCUT2D eigenvalue weighted by molar-refractivity contribution is 0.137. The van der Waals surface area contributed by atoms with Crippen molar-refractivity contribution >= 4 is 0 Å². The van der Waals surface area contributed by atoms with Crippen molar-refractivity contribution in [2.75, 3.05) is 13.2 Å². The number of pyridine rings is 1. The van der Waals surface area contributed by atoms with Crippen LogP contribution in [0.3, 0.4) is 0 Å². The van der Waals surface area contributed by atoms with E-state index >= 15 is 0 Å². The molecule has 2 heterocycles. The molecule has 1 saturated heterocycles. The molecule has 1 fully saturated rings. The molecule has 4 heteroatoms. The van der Waals surface area contributed by atoms with E-state index in [0.29, 0.717) is 12.5 Å². The number of aliphatic hydroxyl groups excluding tert-OH is 1. The average Bonchev–Trinajstić information content (AvgIpc) is 2.82. The molecule has 1 aliphatic heterocycles. The third-order valence-corrected chi connectivity index (χ3v) is 2.78. The molecule has 0 amide bonds. The standard InChI is InChI=1S/C13H19NO3/c1-2-3-11-6-10(8-15)7-13(14-11)17-12-4-5-16-9-12/h6-7,12,15H,2-5,8-9H2,1H3. The summed E-state index contributed by atoms with van der Waals surface area (Å²) in [5.41, 5.74) is 1.84. The highest BCUT2D eigenvalue weighted by Gasteiger charge is 2.18. The van der Waals surface area contributed by atoms with Gasteiger partial charge in [0.1, 0.15) is 6.10 Å². The number of aromatic nitrogens is 1. The van der Waals surface area contributed by atoms with Gasteiger partial charge in [0.05, 0.1) is 19.8 Å². The summed E-state index contributed by atoms with van der Waals surface area (Å²) in [4.78, 5) is 4.45. The Hall–Kier alpha value is -1.13. The average molecular weight is 237 g/mol. The van der Waals surface area contributed by atoms with E-state index < -0.39 is 0 Å². The maximum Gasteiger partial charge on any atom is 0.214 e. The number of nitrogens with zero attached hydrogens (tertiary/aromatic N) is 1.